The third kappa shape index (κ3) is 6.43. The number of aryl methyl sites for hydroxylation is 3. The van der Waals surface area contributed by atoms with Crippen LogP contribution in [-0.4, -0.2) is 47.0 Å². The minimum atomic E-state index is -4.02. The number of hydrogen-bond acceptors (Lipinski definition) is 7. The lowest BCUT2D eigenvalue weighted by molar-refractivity contribution is 0.328. The Morgan fingerprint density at radius 3 is 2.46 bits per heavy atom. The maximum absolute atomic E-state index is 10.5. The van der Waals surface area contributed by atoms with Crippen LogP contribution in [0, 0.1) is 20.8 Å². The molecule has 1 aliphatic rings. The largest absolute Gasteiger partial charge is 0.365 e. The number of thiophene rings is 1. The fourth-order valence-corrected chi connectivity index (χ4v) is 5.61. The van der Waals surface area contributed by atoms with Crippen LogP contribution in [0.15, 0.2) is 65.8 Å². The highest BCUT2D eigenvalue weighted by Gasteiger charge is 2.24. The molecule has 0 amide bonds. The second-order valence-corrected chi connectivity index (χ2v) is 11.4. The highest BCUT2D eigenvalue weighted by Crippen LogP contribution is 2.33. The van der Waals surface area contributed by atoms with Gasteiger partial charge in [-0.15, -0.1) is 11.3 Å². The van der Waals surface area contributed by atoms with E-state index >= 15 is 0 Å². The summed E-state index contributed by atoms with van der Waals surface area (Å²) in [5.74, 6) is 0.994. The maximum Gasteiger partial charge on any atom is 0.294 e. The highest BCUT2D eigenvalue weighted by molar-refractivity contribution is 7.85. The Labute approximate surface area is 210 Å². The van der Waals surface area contributed by atoms with Crippen molar-refractivity contribution in [3.63, 3.8) is 0 Å². The normalized spacial score (nSPS) is 16.2. The predicted octanol–water partition coefficient (Wildman–Crippen LogP) is 5.24. The Bertz CT molecular complexity index is 1390. The molecule has 1 saturated heterocycles. The molecule has 0 saturated carbocycles. The first-order valence-corrected chi connectivity index (χ1v) is 13.7. The van der Waals surface area contributed by atoms with Gasteiger partial charge in [0.25, 0.3) is 10.1 Å². The fourth-order valence-electron chi connectivity index (χ4n) is 4.13. The number of aromatic nitrogens is 2. The van der Waals surface area contributed by atoms with Crippen molar-refractivity contribution in [2.45, 2.75) is 44.7 Å². The van der Waals surface area contributed by atoms with Crippen LogP contribution in [0.5, 0.6) is 0 Å². The van der Waals surface area contributed by atoms with Crippen molar-refractivity contribution >= 4 is 37.5 Å². The van der Waals surface area contributed by atoms with E-state index in [1.165, 1.54) is 33.5 Å². The van der Waals surface area contributed by atoms with Gasteiger partial charge in [0.2, 0.25) is 0 Å². The van der Waals surface area contributed by atoms with Crippen LogP contribution in [0.4, 0.5) is 5.82 Å². The Hall–Kier alpha value is -2.85. The Morgan fingerprint density at radius 2 is 1.77 bits per heavy atom. The zero-order valence-corrected chi connectivity index (χ0v) is 21.7. The molecule has 2 aromatic heterocycles. The quantitative estimate of drug-likeness (QED) is 0.355. The Kier molecular flexibility index (Phi) is 7.81. The molecule has 0 aliphatic carbocycles. The molecule has 1 fully saturated rings. The average Bonchev–Trinajstić information content (AvgIpc) is 3.38. The van der Waals surface area contributed by atoms with E-state index in [2.05, 4.69) is 64.4 Å². The molecule has 5 rings (SSSR count). The summed E-state index contributed by atoms with van der Waals surface area (Å²) in [5.41, 5.74) is 3.64. The van der Waals surface area contributed by atoms with Crippen molar-refractivity contribution in [3.8, 4) is 0 Å². The monoisotopic (exact) mass is 510 g/mol. The van der Waals surface area contributed by atoms with Crippen molar-refractivity contribution in [2.24, 2.45) is 0 Å². The summed E-state index contributed by atoms with van der Waals surface area (Å²) < 4.78 is 29.6. The second kappa shape index (κ2) is 10.8. The molecular formula is C26H30N4O3S2. The van der Waals surface area contributed by atoms with Gasteiger partial charge >= 0.3 is 0 Å². The molecule has 184 valence electrons. The molecule has 1 aliphatic heterocycles. The van der Waals surface area contributed by atoms with Gasteiger partial charge in [0.1, 0.15) is 17.0 Å². The van der Waals surface area contributed by atoms with Crippen molar-refractivity contribution in [1.82, 2.24) is 14.9 Å². The van der Waals surface area contributed by atoms with E-state index < -0.39 is 10.1 Å². The lowest BCUT2D eigenvalue weighted by Crippen LogP contribution is -2.26. The van der Waals surface area contributed by atoms with E-state index in [0.717, 1.165) is 42.3 Å². The fraction of sp³-hybridized carbons (Fsp3) is 0.308. The molecule has 2 aromatic carbocycles. The summed E-state index contributed by atoms with van der Waals surface area (Å²) >= 11 is 1.75. The first-order valence-electron chi connectivity index (χ1n) is 11.5. The van der Waals surface area contributed by atoms with Gasteiger partial charge in [0, 0.05) is 30.6 Å². The molecule has 9 heteroatoms. The summed E-state index contributed by atoms with van der Waals surface area (Å²) in [6.45, 7) is 9.37. The number of nitrogens with one attached hydrogen (secondary N) is 1. The summed E-state index contributed by atoms with van der Waals surface area (Å²) in [7, 11) is -4.02. The van der Waals surface area contributed by atoms with Gasteiger partial charge in [0.05, 0.1) is 10.3 Å². The van der Waals surface area contributed by atoms with E-state index in [1.54, 1.807) is 29.8 Å². The summed E-state index contributed by atoms with van der Waals surface area (Å²) in [4.78, 5) is 13.8. The topological polar surface area (TPSA) is 95.4 Å². The Balaban J connectivity index is 0.000000221. The average molecular weight is 511 g/mol. The molecule has 3 heterocycles. The number of fused-ring (bicyclic) bond motifs is 1. The summed E-state index contributed by atoms with van der Waals surface area (Å²) in [6, 6.07) is 17.1. The zero-order chi connectivity index (χ0) is 25.0. The van der Waals surface area contributed by atoms with Crippen molar-refractivity contribution in [2.75, 3.05) is 18.4 Å². The first-order chi connectivity index (χ1) is 16.7. The number of anilines is 1. The van der Waals surface area contributed by atoms with Crippen molar-refractivity contribution in [1.29, 1.82) is 0 Å². The molecule has 4 aromatic rings. The molecule has 0 spiro atoms. The van der Waals surface area contributed by atoms with Gasteiger partial charge in [-0.2, -0.15) is 8.42 Å². The third-order valence-electron chi connectivity index (χ3n) is 6.15. The van der Waals surface area contributed by atoms with Crippen LogP contribution in [0.25, 0.3) is 10.2 Å². The molecule has 35 heavy (non-hydrogen) atoms. The first kappa shape index (κ1) is 25.2. The molecule has 2 N–H and O–H groups in total. The molecule has 0 bridgehead atoms. The van der Waals surface area contributed by atoms with Gasteiger partial charge in [-0.25, -0.2) is 9.97 Å². The standard InChI is InChI=1S/C19H22N4S.C7H8O3S/c1-13-14(2)24-19-17(13)18(20-12-21-19)22-16-8-9-23(11-16)10-15-6-4-3-5-7-15;1-6-2-4-7(5-3-6)11(8,9)10/h3-7,12,16H,8-11H2,1-2H3,(H,20,21,22);2-5H,1H3,(H,8,9,10). The van der Waals surface area contributed by atoms with Crippen molar-refractivity contribution in [3.05, 3.63) is 82.5 Å². The van der Waals surface area contributed by atoms with Gasteiger partial charge in [-0.1, -0.05) is 48.0 Å². The smallest absolute Gasteiger partial charge is 0.294 e. The number of likely N-dealkylation sites (tertiary alicyclic amines) is 1. The van der Waals surface area contributed by atoms with E-state index in [4.69, 9.17) is 4.55 Å². The van der Waals surface area contributed by atoms with E-state index in [9.17, 15) is 8.42 Å². The number of benzene rings is 2. The lowest BCUT2D eigenvalue weighted by atomic mass is 10.2. The minimum Gasteiger partial charge on any atom is -0.365 e. The summed E-state index contributed by atoms with van der Waals surface area (Å²) in [5, 5.41) is 4.86. The second-order valence-electron chi connectivity index (χ2n) is 8.82. The van der Waals surface area contributed by atoms with Gasteiger partial charge < -0.3 is 5.32 Å². The molecule has 0 radical (unpaired) electrons. The Morgan fingerprint density at radius 1 is 1.06 bits per heavy atom. The van der Waals surface area contributed by atoms with Crippen molar-refractivity contribution < 1.29 is 13.0 Å². The summed E-state index contributed by atoms with van der Waals surface area (Å²) in [6.07, 6.45) is 2.83. The number of rotatable bonds is 5. The predicted molar refractivity (Wildman–Crippen MR) is 142 cm³/mol. The molecular weight excluding hydrogens is 480 g/mol. The van der Waals surface area contributed by atoms with Gasteiger partial charge in [-0.05, 0) is 50.5 Å². The highest BCUT2D eigenvalue weighted by atomic mass is 32.2. The zero-order valence-electron chi connectivity index (χ0n) is 20.1. The van der Waals surface area contributed by atoms with Crippen LogP contribution in [0.3, 0.4) is 0 Å². The van der Waals surface area contributed by atoms with Crippen LogP contribution in [0.1, 0.15) is 28.0 Å². The SMILES string of the molecule is Cc1ccc(S(=O)(=O)O)cc1.Cc1sc2ncnc(NC3CCN(Cc4ccccc4)C3)c2c1C. The van der Waals surface area contributed by atoms with E-state index in [1.807, 2.05) is 6.92 Å². The van der Waals surface area contributed by atoms with Crippen LogP contribution in [-0.2, 0) is 16.7 Å². The minimum absolute atomic E-state index is 0.0666. The van der Waals surface area contributed by atoms with E-state index in [-0.39, 0.29) is 4.90 Å². The number of hydrogen-bond donors (Lipinski definition) is 2. The molecule has 1 atom stereocenters. The lowest BCUT2D eigenvalue weighted by Gasteiger charge is -2.17. The molecule has 1 unspecified atom stereocenters. The molecule has 7 nitrogen and oxygen atoms in total. The van der Waals surface area contributed by atoms with Gasteiger partial charge in [0.15, 0.2) is 0 Å². The maximum atomic E-state index is 10.5. The van der Waals surface area contributed by atoms with Gasteiger partial charge in [-0.3, -0.25) is 9.45 Å². The van der Waals surface area contributed by atoms with Crippen LogP contribution >= 0.6 is 11.3 Å². The van der Waals surface area contributed by atoms with E-state index in [0.29, 0.717) is 6.04 Å². The number of nitrogens with zero attached hydrogens (tertiary/aromatic N) is 3. The van der Waals surface area contributed by atoms with Crippen LogP contribution < -0.4 is 5.32 Å². The van der Waals surface area contributed by atoms with Crippen LogP contribution in [0.2, 0.25) is 0 Å². The third-order valence-corrected chi connectivity index (χ3v) is 8.13.